The molecule has 0 N–H and O–H groups in total. The summed E-state index contributed by atoms with van der Waals surface area (Å²) in [5.74, 6) is 0.735. The largest absolute Gasteiger partial charge is 0.491 e. The van der Waals surface area contributed by atoms with Gasteiger partial charge in [0.25, 0.3) is 0 Å². The summed E-state index contributed by atoms with van der Waals surface area (Å²) in [6.07, 6.45) is 14.8. The number of halogens is 3. The summed E-state index contributed by atoms with van der Waals surface area (Å²) in [5, 5.41) is 0. The molecule has 3 aromatic rings. The Kier molecular flexibility index (Phi) is 9.34. The minimum atomic E-state index is -0.995. The lowest BCUT2D eigenvalue weighted by atomic mass is 9.68. The van der Waals surface area contributed by atoms with Gasteiger partial charge in [0.2, 0.25) is 5.82 Å². The third-order valence-electron chi connectivity index (χ3n) is 9.43. The van der Waals surface area contributed by atoms with E-state index in [4.69, 9.17) is 4.74 Å². The molecule has 212 valence electrons. The van der Waals surface area contributed by atoms with Crippen LogP contribution < -0.4 is 4.74 Å². The van der Waals surface area contributed by atoms with E-state index < -0.39 is 11.6 Å². The van der Waals surface area contributed by atoms with Crippen molar-refractivity contribution in [1.82, 2.24) is 0 Å². The Balaban J connectivity index is 1.20. The van der Waals surface area contributed by atoms with Gasteiger partial charge in [0.1, 0.15) is 5.82 Å². The van der Waals surface area contributed by atoms with Crippen molar-refractivity contribution in [2.75, 3.05) is 6.61 Å². The van der Waals surface area contributed by atoms with E-state index in [0.29, 0.717) is 22.6 Å². The molecule has 0 heterocycles. The predicted molar refractivity (Wildman–Crippen MR) is 158 cm³/mol. The molecule has 2 aliphatic carbocycles. The molecular weight excluding hydrogens is 505 g/mol. The quantitative estimate of drug-likeness (QED) is 0.243. The van der Waals surface area contributed by atoms with E-state index in [9.17, 15) is 8.78 Å². The topological polar surface area (TPSA) is 9.23 Å². The van der Waals surface area contributed by atoms with Gasteiger partial charge >= 0.3 is 0 Å². The van der Waals surface area contributed by atoms with Crippen LogP contribution in [-0.2, 0) is 0 Å². The van der Waals surface area contributed by atoms with Gasteiger partial charge in [0, 0.05) is 11.1 Å². The summed E-state index contributed by atoms with van der Waals surface area (Å²) < 4.78 is 49.4. The molecule has 40 heavy (non-hydrogen) atoms. The van der Waals surface area contributed by atoms with Crippen molar-refractivity contribution in [2.24, 2.45) is 17.8 Å². The first-order chi connectivity index (χ1) is 19.5. The summed E-state index contributed by atoms with van der Waals surface area (Å²) in [4.78, 5) is 0. The maximum atomic E-state index is 15.3. The first-order valence-electron chi connectivity index (χ1n) is 15.1. The lowest BCUT2D eigenvalue weighted by molar-refractivity contribution is 0.157. The van der Waals surface area contributed by atoms with Crippen molar-refractivity contribution in [1.29, 1.82) is 0 Å². The monoisotopic (exact) mass is 546 g/mol. The van der Waals surface area contributed by atoms with E-state index in [1.54, 1.807) is 37.3 Å². The maximum absolute atomic E-state index is 15.3. The fraction of sp³-hybridized carbons (Fsp3) is 0.444. The molecule has 3 aromatic carbocycles. The van der Waals surface area contributed by atoms with Gasteiger partial charge in [-0.3, -0.25) is 0 Å². The number of benzene rings is 3. The van der Waals surface area contributed by atoms with Crippen LogP contribution in [0.4, 0.5) is 13.2 Å². The normalized spacial score (nSPS) is 23.1. The van der Waals surface area contributed by atoms with Crippen LogP contribution in [0.25, 0.3) is 22.3 Å². The van der Waals surface area contributed by atoms with Gasteiger partial charge < -0.3 is 4.74 Å². The molecule has 2 fully saturated rings. The number of allylic oxidation sites excluding steroid dienone is 1. The SMILES string of the molecule is C=CCCC1CCC(C2CCC(c3ccc(-c4ccc(-c5ccc(OCC)c(F)c5F)cc4)c(F)c3)CC2)CC1. The highest BCUT2D eigenvalue weighted by Crippen LogP contribution is 2.45. The highest BCUT2D eigenvalue weighted by molar-refractivity contribution is 5.71. The molecule has 4 heteroatoms. The third-order valence-corrected chi connectivity index (χ3v) is 9.43. The average molecular weight is 547 g/mol. The van der Waals surface area contributed by atoms with Crippen LogP contribution in [-0.4, -0.2) is 6.61 Å². The van der Waals surface area contributed by atoms with Crippen LogP contribution in [0.3, 0.4) is 0 Å². The fourth-order valence-corrected chi connectivity index (χ4v) is 7.10. The molecule has 0 aromatic heterocycles. The van der Waals surface area contributed by atoms with Crippen LogP contribution in [0, 0.1) is 35.2 Å². The number of rotatable bonds is 9. The van der Waals surface area contributed by atoms with E-state index in [1.807, 2.05) is 6.07 Å². The summed E-state index contributed by atoms with van der Waals surface area (Å²) in [6, 6.07) is 15.5. The van der Waals surface area contributed by atoms with E-state index in [2.05, 4.69) is 18.7 Å². The zero-order chi connectivity index (χ0) is 28.1. The fourth-order valence-electron chi connectivity index (χ4n) is 7.10. The van der Waals surface area contributed by atoms with Gasteiger partial charge in [-0.15, -0.1) is 6.58 Å². The lowest BCUT2D eigenvalue weighted by Gasteiger charge is -2.38. The average Bonchev–Trinajstić information content (AvgIpc) is 2.99. The zero-order valence-corrected chi connectivity index (χ0v) is 23.6. The molecule has 0 saturated heterocycles. The molecule has 0 amide bonds. The van der Waals surface area contributed by atoms with Gasteiger partial charge in [-0.25, -0.2) is 8.78 Å². The molecule has 2 aliphatic rings. The molecule has 1 nitrogen and oxygen atoms in total. The van der Waals surface area contributed by atoms with Crippen LogP contribution in [0.15, 0.2) is 67.3 Å². The molecule has 0 unspecified atom stereocenters. The summed E-state index contributed by atoms with van der Waals surface area (Å²) in [7, 11) is 0. The number of hydrogen-bond donors (Lipinski definition) is 0. The number of hydrogen-bond acceptors (Lipinski definition) is 1. The Hall–Kier alpha value is -3.01. The Morgan fingerprint density at radius 1 is 0.750 bits per heavy atom. The Bertz CT molecular complexity index is 1280. The second kappa shape index (κ2) is 13.1. The molecule has 2 saturated carbocycles. The first kappa shape index (κ1) is 28.5. The van der Waals surface area contributed by atoms with Crippen molar-refractivity contribution >= 4 is 0 Å². The zero-order valence-electron chi connectivity index (χ0n) is 23.6. The van der Waals surface area contributed by atoms with E-state index in [0.717, 1.165) is 42.6 Å². The van der Waals surface area contributed by atoms with Gasteiger partial charge in [0.15, 0.2) is 11.6 Å². The Morgan fingerprint density at radius 2 is 1.35 bits per heavy atom. The van der Waals surface area contributed by atoms with Crippen molar-refractivity contribution in [3.63, 3.8) is 0 Å². The van der Waals surface area contributed by atoms with Crippen LogP contribution >= 0.6 is 0 Å². The van der Waals surface area contributed by atoms with Crippen LogP contribution in [0.2, 0.25) is 0 Å². The molecule has 0 radical (unpaired) electrons. The molecule has 0 spiro atoms. The number of ether oxygens (including phenoxy) is 1. The van der Waals surface area contributed by atoms with Gasteiger partial charge in [-0.2, -0.15) is 4.39 Å². The van der Waals surface area contributed by atoms with Crippen molar-refractivity contribution in [3.05, 3.63) is 90.3 Å². The highest BCUT2D eigenvalue weighted by atomic mass is 19.2. The predicted octanol–water partition coefficient (Wildman–Crippen LogP) is 10.9. The van der Waals surface area contributed by atoms with Crippen LogP contribution in [0.5, 0.6) is 5.75 Å². The molecule has 0 atom stereocenters. The van der Waals surface area contributed by atoms with E-state index in [1.165, 1.54) is 57.1 Å². The van der Waals surface area contributed by atoms with Crippen molar-refractivity contribution in [2.45, 2.75) is 77.0 Å². The van der Waals surface area contributed by atoms with Gasteiger partial charge in [-0.05, 0) is 117 Å². The lowest BCUT2D eigenvalue weighted by Crippen LogP contribution is -2.25. The Morgan fingerprint density at radius 3 is 1.95 bits per heavy atom. The van der Waals surface area contributed by atoms with E-state index >= 15 is 4.39 Å². The maximum Gasteiger partial charge on any atom is 0.201 e. The van der Waals surface area contributed by atoms with Crippen LogP contribution in [0.1, 0.15) is 82.6 Å². The molecule has 5 rings (SSSR count). The summed E-state index contributed by atoms with van der Waals surface area (Å²) in [5.41, 5.74) is 3.01. The second-order valence-corrected chi connectivity index (χ2v) is 11.7. The standard InChI is InChI=1S/C36H41F3O/c1-3-5-6-24-7-9-25(10-8-24)26-11-13-27(14-12-26)30-19-20-31(33(37)23-30)28-15-17-29(18-16-28)32-21-22-34(40-4-2)36(39)35(32)38/h3,15-27H,1,4-14H2,2H3. The van der Waals surface area contributed by atoms with Gasteiger partial charge in [-0.1, -0.05) is 55.3 Å². The second-order valence-electron chi connectivity index (χ2n) is 11.7. The Labute approximate surface area is 237 Å². The third kappa shape index (κ3) is 6.32. The van der Waals surface area contributed by atoms with E-state index in [-0.39, 0.29) is 23.7 Å². The minimum absolute atomic E-state index is 0.0990. The molecule has 0 bridgehead atoms. The highest BCUT2D eigenvalue weighted by Gasteiger charge is 2.31. The van der Waals surface area contributed by atoms with Crippen molar-refractivity contribution < 1.29 is 17.9 Å². The van der Waals surface area contributed by atoms with Gasteiger partial charge in [0.05, 0.1) is 6.61 Å². The molecule has 0 aliphatic heterocycles. The van der Waals surface area contributed by atoms with Crippen molar-refractivity contribution in [3.8, 4) is 28.0 Å². The summed E-state index contributed by atoms with van der Waals surface area (Å²) >= 11 is 0. The summed E-state index contributed by atoms with van der Waals surface area (Å²) in [6.45, 7) is 5.85. The minimum Gasteiger partial charge on any atom is -0.491 e. The smallest absolute Gasteiger partial charge is 0.201 e. The first-order valence-corrected chi connectivity index (χ1v) is 15.1. The molecular formula is C36H41F3O.